The number of rotatable bonds is 3. The molecule has 3 rings (SSSR count). The number of aromatic nitrogens is 1. The first-order valence-electron chi connectivity index (χ1n) is 6.11. The first kappa shape index (κ1) is 13.3. The molecule has 1 aromatic heterocycles. The van der Waals surface area contributed by atoms with E-state index in [1.807, 2.05) is 24.3 Å². The summed E-state index contributed by atoms with van der Waals surface area (Å²) in [5.74, 6) is 0.439. The molecule has 0 aliphatic rings. The summed E-state index contributed by atoms with van der Waals surface area (Å²) in [6, 6.07) is 12.0. The number of nitro groups is 1. The summed E-state index contributed by atoms with van der Waals surface area (Å²) in [6.07, 6.45) is 3.35. The first-order valence-corrected chi connectivity index (χ1v) is 6.49. The molecule has 2 aromatic carbocycles. The van der Waals surface area contributed by atoms with E-state index in [0.29, 0.717) is 17.0 Å². The van der Waals surface area contributed by atoms with Gasteiger partial charge in [-0.2, -0.15) is 0 Å². The molecule has 0 aliphatic carbocycles. The maximum absolute atomic E-state index is 10.8. The summed E-state index contributed by atoms with van der Waals surface area (Å²) in [6.45, 7) is 0. The van der Waals surface area contributed by atoms with Crippen molar-refractivity contribution < 1.29 is 9.34 Å². The highest BCUT2D eigenvalue weighted by atomic mass is 35.5. The third-order valence-electron chi connectivity index (χ3n) is 2.90. The molecule has 1 heterocycles. The Morgan fingerprint density at radius 1 is 1.19 bits per heavy atom. The van der Waals surface area contributed by atoms with Crippen molar-refractivity contribution in [1.29, 1.82) is 0 Å². The molecule has 0 unspecified atom stereocenters. The maximum atomic E-state index is 10.8. The first-order chi connectivity index (χ1) is 10.1. The Hall–Kier alpha value is -2.66. The third kappa shape index (κ3) is 2.78. The second-order valence-corrected chi connectivity index (χ2v) is 4.73. The molecule has 0 radical (unpaired) electrons. The molecule has 0 saturated heterocycles. The van der Waals surface area contributed by atoms with Gasteiger partial charge in [-0.25, -0.2) is 4.98 Å². The van der Waals surface area contributed by atoms with Crippen LogP contribution in [0.15, 0.2) is 46.9 Å². The minimum Gasteiger partial charge on any atom is -0.437 e. The average Bonchev–Trinajstić information content (AvgIpc) is 2.89. The molecule has 104 valence electrons. The van der Waals surface area contributed by atoms with E-state index in [0.717, 1.165) is 5.52 Å². The quantitative estimate of drug-likeness (QED) is 0.525. The van der Waals surface area contributed by atoms with Crippen molar-refractivity contribution in [2.45, 2.75) is 0 Å². The fraction of sp³-hybridized carbons (Fsp3) is 0. The number of benzene rings is 2. The number of nitro benzene ring substituents is 1. The molecule has 0 atom stereocenters. The van der Waals surface area contributed by atoms with Gasteiger partial charge in [-0.15, -0.1) is 0 Å². The normalized spacial score (nSPS) is 11.3. The number of fused-ring (bicyclic) bond motifs is 1. The Morgan fingerprint density at radius 2 is 2.00 bits per heavy atom. The molecule has 5 nitrogen and oxygen atoms in total. The summed E-state index contributed by atoms with van der Waals surface area (Å²) >= 11 is 5.77. The zero-order chi connectivity index (χ0) is 14.8. The number of halogens is 1. The minimum absolute atomic E-state index is 0.110. The molecule has 0 bridgehead atoms. The Kier molecular flexibility index (Phi) is 3.41. The van der Waals surface area contributed by atoms with Crippen LogP contribution >= 0.6 is 11.6 Å². The average molecular weight is 301 g/mol. The number of para-hydroxylation sites is 2. The predicted molar refractivity (Wildman–Crippen MR) is 81.0 cm³/mol. The van der Waals surface area contributed by atoms with Crippen LogP contribution in [0.5, 0.6) is 0 Å². The minimum atomic E-state index is -0.515. The maximum Gasteiger partial charge on any atom is 0.288 e. The van der Waals surface area contributed by atoms with E-state index in [-0.39, 0.29) is 10.7 Å². The van der Waals surface area contributed by atoms with E-state index in [9.17, 15) is 10.1 Å². The Balaban J connectivity index is 1.92. The molecule has 3 aromatic rings. The lowest BCUT2D eigenvalue weighted by atomic mass is 10.2. The van der Waals surface area contributed by atoms with Crippen LogP contribution in [0.25, 0.3) is 23.3 Å². The molecule has 0 N–H and O–H groups in total. The number of nitrogens with zero attached hydrogens (tertiary/aromatic N) is 2. The largest absolute Gasteiger partial charge is 0.437 e. The molecule has 0 saturated carbocycles. The highest BCUT2D eigenvalue weighted by Crippen LogP contribution is 2.26. The zero-order valence-corrected chi connectivity index (χ0v) is 11.4. The zero-order valence-electron chi connectivity index (χ0n) is 10.7. The van der Waals surface area contributed by atoms with Crippen LogP contribution in [0.3, 0.4) is 0 Å². The predicted octanol–water partition coefficient (Wildman–Crippen LogP) is 4.56. The summed E-state index contributed by atoms with van der Waals surface area (Å²) < 4.78 is 5.53. The van der Waals surface area contributed by atoms with Crippen LogP contribution in [0, 0.1) is 10.1 Å². The number of oxazole rings is 1. The summed E-state index contributed by atoms with van der Waals surface area (Å²) in [4.78, 5) is 14.6. The van der Waals surface area contributed by atoms with Crippen molar-refractivity contribution in [3.8, 4) is 0 Å². The second-order valence-electron chi connectivity index (χ2n) is 4.32. The van der Waals surface area contributed by atoms with Gasteiger partial charge in [-0.05, 0) is 29.8 Å². The van der Waals surface area contributed by atoms with Gasteiger partial charge in [0.15, 0.2) is 5.58 Å². The fourth-order valence-electron chi connectivity index (χ4n) is 1.90. The highest BCUT2D eigenvalue weighted by molar-refractivity contribution is 6.32. The topological polar surface area (TPSA) is 69.2 Å². The number of hydrogen-bond acceptors (Lipinski definition) is 4. The van der Waals surface area contributed by atoms with Crippen LogP contribution in [0.2, 0.25) is 5.02 Å². The van der Waals surface area contributed by atoms with Crippen LogP contribution in [-0.4, -0.2) is 9.91 Å². The van der Waals surface area contributed by atoms with Crippen molar-refractivity contribution in [3.63, 3.8) is 0 Å². The highest BCUT2D eigenvalue weighted by Gasteiger charge is 2.11. The van der Waals surface area contributed by atoms with Crippen molar-refractivity contribution >= 4 is 40.5 Å². The lowest BCUT2D eigenvalue weighted by molar-refractivity contribution is -0.384. The molecule has 0 spiro atoms. The summed E-state index contributed by atoms with van der Waals surface area (Å²) in [7, 11) is 0. The van der Waals surface area contributed by atoms with Crippen LogP contribution < -0.4 is 0 Å². The van der Waals surface area contributed by atoms with Gasteiger partial charge in [0.2, 0.25) is 5.89 Å². The smallest absolute Gasteiger partial charge is 0.288 e. The summed E-state index contributed by atoms with van der Waals surface area (Å²) in [5.41, 5.74) is 1.98. The standard InChI is InChI=1S/C15H9ClN2O3/c16-11-7-5-10(9-13(11)18(19)20)6-8-15-17-12-3-1-2-4-14(12)21-15/h1-9H/b8-6+. The Morgan fingerprint density at radius 3 is 2.76 bits per heavy atom. The lowest BCUT2D eigenvalue weighted by Gasteiger charge is -1.96. The van der Waals surface area contributed by atoms with Crippen LogP contribution in [0.4, 0.5) is 5.69 Å². The van der Waals surface area contributed by atoms with Crippen molar-refractivity contribution in [3.05, 3.63) is 69.1 Å². The second kappa shape index (κ2) is 5.38. The van der Waals surface area contributed by atoms with Gasteiger partial charge < -0.3 is 4.42 Å². The molecular weight excluding hydrogens is 292 g/mol. The van der Waals surface area contributed by atoms with Crippen molar-refractivity contribution in [2.75, 3.05) is 0 Å². The van der Waals surface area contributed by atoms with E-state index in [4.69, 9.17) is 16.0 Å². The van der Waals surface area contributed by atoms with Gasteiger partial charge in [0, 0.05) is 12.1 Å². The van der Waals surface area contributed by atoms with E-state index >= 15 is 0 Å². The van der Waals surface area contributed by atoms with Gasteiger partial charge in [-0.3, -0.25) is 10.1 Å². The molecule has 0 amide bonds. The SMILES string of the molecule is O=[N+]([O-])c1cc(/C=C/c2nc3ccccc3o2)ccc1Cl. The fourth-order valence-corrected chi connectivity index (χ4v) is 2.09. The number of hydrogen-bond donors (Lipinski definition) is 0. The van der Waals surface area contributed by atoms with Crippen LogP contribution in [-0.2, 0) is 0 Å². The van der Waals surface area contributed by atoms with E-state index in [1.54, 1.807) is 18.2 Å². The van der Waals surface area contributed by atoms with Crippen LogP contribution in [0.1, 0.15) is 11.5 Å². The molecule has 0 aliphatic heterocycles. The van der Waals surface area contributed by atoms with Crippen molar-refractivity contribution in [2.24, 2.45) is 0 Å². The van der Waals surface area contributed by atoms with Gasteiger partial charge in [0.05, 0.1) is 4.92 Å². The molecule has 0 fully saturated rings. The van der Waals surface area contributed by atoms with E-state index in [2.05, 4.69) is 4.98 Å². The van der Waals surface area contributed by atoms with Crippen molar-refractivity contribution in [1.82, 2.24) is 4.98 Å². The lowest BCUT2D eigenvalue weighted by Crippen LogP contribution is -1.89. The summed E-state index contributed by atoms with van der Waals surface area (Å²) in [5, 5.41) is 10.9. The van der Waals surface area contributed by atoms with E-state index < -0.39 is 4.92 Å². The molecular formula is C15H9ClN2O3. The van der Waals surface area contributed by atoms with Gasteiger partial charge in [0.1, 0.15) is 10.5 Å². The Bertz CT molecular complexity index is 822. The third-order valence-corrected chi connectivity index (χ3v) is 3.22. The monoisotopic (exact) mass is 300 g/mol. The molecule has 6 heteroatoms. The molecule has 21 heavy (non-hydrogen) atoms. The van der Waals surface area contributed by atoms with E-state index in [1.165, 1.54) is 12.1 Å². The Labute approximate surface area is 124 Å². The van der Waals surface area contributed by atoms with Gasteiger partial charge in [0.25, 0.3) is 5.69 Å². The van der Waals surface area contributed by atoms with Gasteiger partial charge >= 0.3 is 0 Å². The van der Waals surface area contributed by atoms with Gasteiger partial charge in [-0.1, -0.05) is 29.8 Å².